The normalized spacial score (nSPS) is 16.8. The summed E-state index contributed by atoms with van der Waals surface area (Å²) >= 11 is 0. The Kier molecular flexibility index (Phi) is 6.06. The molecule has 1 aromatic carbocycles. The van der Waals surface area contributed by atoms with E-state index in [4.69, 9.17) is 4.74 Å². The molecule has 0 atom stereocenters. The first-order valence-corrected chi connectivity index (χ1v) is 10.8. The van der Waals surface area contributed by atoms with Crippen molar-refractivity contribution in [3.63, 3.8) is 0 Å². The molecule has 7 heteroatoms. The summed E-state index contributed by atoms with van der Waals surface area (Å²) in [6.45, 7) is 9.14. The summed E-state index contributed by atoms with van der Waals surface area (Å²) < 4.78 is 5.31. The predicted molar refractivity (Wildman–Crippen MR) is 118 cm³/mol. The van der Waals surface area contributed by atoms with E-state index in [2.05, 4.69) is 25.8 Å². The Morgan fingerprint density at radius 1 is 0.933 bits per heavy atom. The third-order valence-corrected chi connectivity index (χ3v) is 6.01. The molecule has 7 nitrogen and oxygen atoms in total. The molecule has 0 saturated carbocycles. The van der Waals surface area contributed by atoms with Gasteiger partial charge >= 0.3 is 0 Å². The van der Waals surface area contributed by atoms with Gasteiger partial charge in [0.05, 0.1) is 13.5 Å². The van der Waals surface area contributed by atoms with Gasteiger partial charge in [-0.25, -0.2) is 9.97 Å². The molecule has 0 N–H and O–H groups in total. The van der Waals surface area contributed by atoms with Crippen LogP contribution in [0.1, 0.15) is 29.8 Å². The minimum atomic E-state index is 0.177. The quantitative estimate of drug-likeness (QED) is 0.757. The highest BCUT2D eigenvalue weighted by molar-refractivity contribution is 5.79. The van der Waals surface area contributed by atoms with E-state index in [0.717, 1.165) is 73.6 Å². The number of carbonyl (C=O) groups excluding carboxylic acids is 1. The maximum Gasteiger partial charge on any atom is 0.227 e. The number of anilines is 2. The van der Waals surface area contributed by atoms with Gasteiger partial charge in [-0.2, -0.15) is 0 Å². The Bertz CT molecular complexity index is 902. The number of carbonyl (C=O) groups is 1. The van der Waals surface area contributed by atoms with E-state index in [1.54, 1.807) is 7.11 Å². The number of hydrogen-bond acceptors (Lipinski definition) is 6. The van der Waals surface area contributed by atoms with Crippen LogP contribution in [-0.2, 0) is 11.2 Å². The molecule has 30 heavy (non-hydrogen) atoms. The molecule has 1 aromatic heterocycles. The van der Waals surface area contributed by atoms with E-state index < -0.39 is 0 Å². The van der Waals surface area contributed by atoms with Gasteiger partial charge < -0.3 is 19.4 Å². The standard InChI is InChI=1S/C23H31N5O2/c1-17-14-19(6-7-20(17)30-3)15-23(29)28-12-10-27(11-13-28)22-16-21(24-18(2)25-22)26-8-4-5-9-26/h6-7,14,16H,4-5,8-13,15H2,1-3H3. The van der Waals surface area contributed by atoms with E-state index >= 15 is 0 Å². The van der Waals surface area contributed by atoms with Gasteiger partial charge in [0.1, 0.15) is 23.2 Å². The fraction of sp³-hybridized carbons (Fsp3) is 0.522. The maximum absolute atomic E-state index is 12.8. The SMILES string of the molecule is COc1ccc(CC(=O)N2CCN(c3cc(N4CCCC4)nc(C)n3)CC2)cc1C. The predicted octanol–water partition coefficient (Wildman–Crippen LogP) is 2.59. The molecule has 0 radical (unpaired) electrons. The van der Waals surface area contributed by atoms with Crippen LogP contribution in [0, 0.1) is 13.8 Å². The summed E-state index contributed by atoms with van der Waals surface area (Å²) in [5.41, 5.74) is 2.09. The second-order valence-corrected chi connectivity index (χ2v) is 8.17. The van der Waals surface area contributed by atoms with Gasteiger partial charge in [0.2, 0.25) is 5.91 Å². The lowest BCUT2D eigenvalue weighted by Gasteiger charge is -2.36. The van der Waals surface area contributed by atoms with Gasteiger partial charge in [-0.3, -0.25) is 4.79 Å². The van der Waals surface area contributed by atoms with Gasteiger partial charge in [0.15, 0.2) is 0 Å². The Balaban J connectivity index is 1.36. The molecule has 0 unspecified atom stereocenters. The Morgan fingerprint density at radius 2 is 1.57 bits per heavy atom. The van der Waals surface area contributed by atoms with Crippen LogP contribution in [0.5, 0.6) is 5.75 Å². The molecule has 0 aliphatic carbocycles. The summed E-state index contributed by atoms with van der Waals surface area (Å²) in [5, 5.41) is 0. The number of methoxy groups -OCH3 is 1. The van der Waals surface area contributed by atoms with Crippen molar-refractivity contribution in [3.05, 3.63) is 41.2 Å². The number of nitrogens with zero attached hydrogens (tertiary/aromatic N) is 5. The van der Waals surface area contributed by atoms with Gasteiger partial charge in [-0.05, 0) is 43.9 Å². The highest BCUT2D eigenvalue weighted by Crippen LogP contribution is 2.24. The number of amides is 1. The fourth-order valence-corrected chi connectivity index (χ4v) is 4.33. The van der Waals surface area contributed by atoms with Gasteiger partial charge in [-0.1, -0.05) is 12.1 Å². The maximum atomic E-state index is 12.8. The average Bonchev–Trinajstić information content (AvgIpc) is 3.29. The van der Waals surface area contributed by atoms with Crippen molar-refractivity contribution in [1.82, 2.24) is 14.9 Å². The minimum absolute atomic E-state index is 0.177. The molecule has 2 saturated heterocycles. The van der Waals surface area contributed by atoms with Crippen LogP contribution in [0.3, 0.4) is 0 Å². The van der Waals surface area contributed by atoms with E-state index in [1.807, 2.05) is 36.9 Å². The molecule has 2 aromatic rings. The van der Waals surface area contributed by atoms with Crippen LogP contribution in [-0.4, -0.2) is 67.2 Å². The number of piperazine rings is 1. The lowest BCUT2D eigenvalue weighted by Crippen LogP contribution is -2.49. The molecule has 3 heterocycles. The van der Waals surface area contributed by atoms with Crippen LogP contribution in [0.15, 0.2) is 24.3 Å². The van der Waals surface area contributed by atoms with Crippen molar-refractivity contribution in [3.8, 4) is 5.75 Å². The van der Waals surface area contributed by atoms with Crippen LogP contribution >= 0.6 is 0 Å². The number of aromatic nitrogens is 2. The molecule has 0 bridgehead atoms. The van der Waals surface area contributed by atoms with Crippen molar-refractivity contribution in [1.29, 1.82) is 0 Å². The largest absolute Gasteiger partial charge is 0.496 e. The Labute approximate surface area is 178 Å². The van der Waals surface area contributed by atoms with Crippen molar-refractivity contribution in [2.24, 2.45) is 0 Å². The summed E-state index contributed by atoms with van der Waals surface area (Å²) in [5.74, 6) is 3.84. The number of ether oxygens (including phenoxy) is 1. The van der Waals surface area contributed by atoms with Crippen LogP contribution in [0.4, 0.5) is 11.6 Å². The molecule has 0 spiro atoms. The molecule has 2 aliphatic rings. The molecular formula is C23H31N5O2. The first-order valence-electron chi connectivity index (χ1n) is 10.8. The Morgan fingerprint density at radius 3 is 2.17 bits per heavy atom. The van der Waals surface area contributed by atoms with Gasteiger partial charge in [0, 0.05) is 45.3 Å². The van der Waals surface area contributed by atoms with Crippen LogP contribution < -0.4 is 14.5 Å². The van der Waals surface area contributed by atoms with Crippen molar-refractivity contribution in [2.45, 2.75) is 33.1 Å². The fourth-order valence-electron chi connectivity index (χ4n) is 4.33. The molecule has 2 fully saturated rings. The zero-order chi connectivity index (χ0) is 21.1. The Hall–Kier alpha value is -2.83. The minimum Gasteiger partial charge on any atom is -0.496 e. The third kappa shape index (κ3) is 4.50. The topological polar surface area (TPSA) is 61.8 Å². The summed E-state index contributed by atoms with van der Waals surface area (Å²) in [6.07, 6.45) is 2.89. The van der Waals surface area contributed by atoms with Crippen LogP contribution in [0.25, 0.3) is 0 Å². The number of benzene rings is 1. The number of hydrogen-bond donors (Lipinski definition) is 0. The number of rotatable bonds is 5. The molecular weight excluding hydrogens is 378 g/mol. The molecule has 160 valence electrons. The van der Waals surface area contributed by atoms with Crippen LogP contribution in [0.2, 0.25) is 0 Å². The van der Waals surface area contributed by atoms with E-state index in [1.165, 1.54) is 12.8 Å². The molecule has 4 rings (SSSR count). The van der Waals surface area contributed by atoms with Crippen molar-refractivity contribution < 1.29 is 9.53 Å². The second kappa shape index (κ2) is 8.90. The highest BCUT2D eigenvalue weighted by Gasteiger charge is 2.24. The highest BCUT2D eigenvalue weighted by atomic mass is 16.5. The zero-order valence-corrected chi connectivity index (χ0v) is 18.2. The van der Waals surface area contributed by atoms with Crippen molar-refractivity contribution in [2.75, 3.05) is 56.2 Å². The first-order chi connectivity index (χ1) is 14.5. The molecule has 2 aliphatic heterocycles. The van der Waals surface area contributed by atoms with E-state index in [0.29, 0.717) is 6.42 Å². The van der Waals surface area contributed by atoms with Gasteiger partial charge in [-0.15, -0.1) is 0 Å². The van der Waals surface area contributed by atoms with E-state index in [9.17, 15) is 4.79 Å². The summed E-state index contributed by atoms with van der Waals surface area (Å²) in [4.78, 5) is 28.7. The van der Waals surface area contributed by atoms with Gasteiger partial charge in [0.25, 0.3) is 0 Å². The smallest absolute Gasteiger partial charge is 0.227 e. The lowest BCUT2D eigenvalue weighted by molar-refractivity contribution is -0.130. The second-order valence-electron chi connectivity index (χ2n) is 8.17. The zero-order valence-electron chi connectivity index (χ0n) is 18.2. The first kappa shape index (κ1) is 20.4. The number of aryl methyl sites for hydroxylation is 2. The van der Waals surface area contributed by atoms with E-state index in [-0.39, 0.29) is 5.91 Å². The monoisotopic (exact) mass is 409 g/mol. The lowest BCUT2D eigenvalue weighted by atomic mass is 10.1. The molecule has 1 amide bonds. The summed E-state index contributed by atoms with van der Waals surface area (Å²) in [7, 11) is 1.67. The van der Waals surface area contributed by atoms with Crippen molar-refractivity contribution >= 4 is 17.5 Å². The summed E-state index contributed by atoms with van der Waals surface area (Å²) in [6, 6.07) is 8.06. The third-order valence-electron chi connectivity index (χ3n) is 6.01. The average molecular weight is 410 g/mol.